The van der Waals surface area contributed by atoms with Gasteiger partial charge in [0.25, 0.3) is 0 Å². The highest BCUT2D eigenvalue weighted by atomic mass is 19.1. The fourth-order valence-electron chi connectivity index (χ4n) is 2.20. The second-order valence-electron chi connectivity index (χ2n) is 4.83. The van der Waals surface area contributed by atoms with Gasteiger partial charge in [-0.1, -0.05) is 30.3 Å². The monoisotopic (exact) mass is 283 g/mol. The standard InChI is InChI=1S/C17H18FN3/c18-16-11-15(12-20)7-8-17(16)21(10-4-9-19)13-14-5-2-1-3-6-14/h1-3,5-8,11H,4,9-10,13,19H2. The third-order valence-electron chi connectivity index (χ3n) is 3.27. The van der Waals surface area contributed by atoms with Gasteiger partial charge in [0.15, 0.2) is 0 Å². The zero-order chi connectivity index (χ0) is 15.1. The number of nitrogens with two attached hydrogens (primary N) is 1. The maximum Gasteiger partial charge on any atom is 0.147 e. The molecule has 108 valence electrons. The van der Waals surface area contributed by atoms with E-state index in [2.05, 4.69) is 0 Å². The third-order valence-corrected chi connectivity index (χ3v) is 3.27. The molecule has 0 amide bonds. The first-order valence-corrected chi connectivity index (χ1v) is 6.93. The van der Waals surface area contributed by atoms with E-state index in [4.69, 9.17) is 11.0 Å². The van der Waals surface area contributed by atoms with Gasteiger partial charge in [0.2, 0.25) is 0 Å². The topological polar surface area (TPSA) is 53.0 Å². The Labute approximate surface area is 124 Å². The van der Waals surface area contributed by atoms with Crippen LogP contribution in [0, 0.1) is 17.1 Å². The van der Waals surface area contributed by atoms with Crippen molar-refractivity contribution in [1.82, 2.24) is 0 Å². The molecule has 0 bridgehead atoms. The first-order valence-electron chi connectivity index (χ1n) is 6.93. The molecule has 0 heterocycles. The van der Waals surface area contributed by atoms with E-state index in [9.17, 15) is 4.39 Å². The van der Waals surface area contributed by atoms with E-state index in [1.807, 2.05) is 41.3 Å². The van der Waals surface area contributed by atoms with Crippen molar-refractivity contribution in [3.63, 3.8) is 0 Å². The Morgan fingerprint density at radius 1 is 1.14 bits per heavy atom. The van der Waals surface area contributed by atoms with Crippen molar-refractivity contribution in [1.29, 1.82) is 5.26 Å². The van der Waals surface area contributed by atoms with Gasteiger partial charge >= 0.3 is 0 Å². The number of nitriles is 1. The average Bonchev–Trinajstić information content (AvgIpc) is 2.52. The van der Waals surface area contributed by atoms with Crippen LogP contribution in [0.25, 0.3) is 0 Å². The first-order chi connectivity index (χ1) is 10.2. The summed E-state index contributed by atoms with van der Waals surface area (Å²) in [6.07, 6.45) is 0.784. The molecule has 0 radical (unpaired) electrons. The number of halogens is 1. The number of nitrogens with zero attached hydrogens (tertiary/aromatic N) is 2. The molecule has 0 aliphatic heterocycles. The zero-order valence-electron chi connectivity index (χ0n) is 11.8. The Morgan fingerprint density at radius 2 is 1.90 bits per heavy atom. The van der Waals surface area contributed by atoms with Crippen LogP contribution in [0.15, 0.2) is 48.5 Å². The zero-order valence-corrected chi connectivity index (χ0v) is 11.8. The molecule has 0 saturated heterocycles. The maximum absolute atomic E-state index is 14.2. The summed E-state index contributed by atoms with van der Waals surface area (Å²) in [6, 6.07) is 16.4. The highest BCUT2D eigenvalue weighted by molar-refractivity contribution is 5.51. The molecule has 2 rings (SSSR count). The molecule has 0 atom stereocenters. The number of rotatable bonds is 6. The molecule has 0 spiro atoms. The van der Waals surface area contributed by atoms with E-state index in [-0.39, 0.29) is 5.82 Å². The van der Waals surface area contributed by atoms with Crippen LogP contribution in [0.3, 0.4) is 0 Å². The van der Waals surface area contributed by atoms with Gasteiger partial charge in [-0.25, -0.2) is 4.39 Å². The summed E-state index contributed by atoms with van der Waals surface area (Å²) in [5, 5.41) is 8.82. The minimum absolute atomic E-state index is 0.328. The second-order valence-corrected chi connectivity index (χ2v) is 4.83. The van der Waals surface area contributed by atoms with Crippen molar-refractivity contribution < 1.29 is 4.39 Å². The lowest BCUT2D eigenvalue weighted by Crippen LogP contribution is -2.26. The van der Waals surface area contributed by atoms with Gasteiger partial charge in [-0.2, -0.15) is 5.26 Å². The fraction of sp³-hybridized carbons (Fsp3) is 0.235. The molecule has 2 aromatic rings. The van der Waals surface area contributed by atoms with E-state index in [0.717, 1.165) is 12.0 Å². The fourth-order valence-corrected chi connectivity index (χ4v) is 2.20. The summed E-state index contributed by atoms with van der Waals surface area (Å²) in [5.41, 5.74) is 7.51. The van der Waals surface area contributed by atoms with Crippen LogP contribution in [-0.4, -0.2) is 13.1 Å². The summed E-state index contributed by atoms with van der Waals surface area (Å²) in [5.74, 6) is -0.373. The van der Waals surface area contributed by atoms with E-state index in [0.29, 0.717) is 30.9 Å². The molecule has 2 aromatic carbocycles. The predicted molar refractivity (Wildman–Crippen MR) is 82.3 cm³/mol. The van der Waals surface area contributed by atoms with Crippen LogP contribution in [0.2, 0.25) is 0 Å². The largest absolute Gasteiger partial charge is 0.365 e. The molecule has 0 aliphatic carbocycles. The minimum atomic E-state index is -0.373. The van der Waals surface area contributed by atoms with E-state index < -0.39 is 0 Å². The molecule has 0 unspecified atom stereocenters. The summed E-state index contributed by atoms with van der Waals surface area (Å²) < 4.78 is 14.2. The van der Waals surface area contributed by atoms with Gasteiger partial charge in [0.1, 0.15) is 5.82 Å². The summed E-state index contributed by atoms with van der Waals surface area (Å²) >= 11 is 0. The van der Waals surface area contributed by atoms with Crippen molar-refractivity contribution in [2.75, 3.05) is 18.0 Å². The van der Waals surface area contributed by atoms with Crippen LogP contribution >= 0.6 is 0 Å². The van der Waals surface area contributed by atoms with Gasteiger partial charge in [-0.3, -0.25) is 0 Å². The Morgan fingerprint density at radius 3 is 2.52 bits per heavy atom. The SMILES string of the molecule is N#Cc1ccc(N(CCCN)Cc2ccccc2)c(F)c1. The lowest BCUT2D eigenvalue weighted by atomic mass is 10.1. The normalized spacial score (nSPS) is 10.1. The molecular weight excluding hydrogens is 265 g/mol. The maximum atomic E-state index is 14.2. The van der Waals surface area contributed by atoms with Gasteiger partial charge in [-0.05, 0) is 36.7 Å². The molecule has 0 aromatic heterocycles. The molecule has 21 heavy (non-hydrogen) atoms. The number of hydrogen-bond donors (Lipinski definition) is 1. The third kappa shape index (κ3) is 4.04. The van der Waals surface area contributed by atoms with Crippen LogP contribution in [-0.2, 0) is 6.54 Å². The van der Waals surface area contributed by atoms with Gasteiger partial charge in [-0.15, -0.1) is 0 Å². The molecule has 0 saturated carbocycles. The van der Waals surface area contributed by atoms with E-state index in [1.54, 1.807) is 12.1 Å². The Bertz CT molecular complexity index is 620. The van der Waals surface area contributed by atoms with E-state index >= 15 is 0 Å². The Balaban J connectivity index is 2.25. The van der Waals surface area contributed by atoms with Crippen molar-refractivity contribution in [3.05, 3.63) is 65.5 Å². The lowest BCUT2D eigenvalue weighted by molar-refractivity contribution is 0.612. The molecular formula is C17H18FN3. The van der Waals surface area contributed by atoms with Crippen molar-refractivity contribution in [3.8, 4) is 6.07 Å². The van der Waals surface area contributed by atoms with Gasteiger partial charge < -0.3 is 10.6 Å². The Kier molecular flexibility index (Phi) is 5.30. The molecule has 4 heteroatoms. The van der Waals surface area contributed by atoms with Crippen LogP contribution in [0.5, 0.6) is 0 Å². The van der Waals surface area contributed by atoms with Crippen molar-refractivity contribution in [2.24, 2.45) is 5.73 Å². The van der Waals surface area contributed by atoms with Crippen molar-refractivity contribution >= 4 is 5.69 Å². The van der Waals surface area contributed by atoms with Gasteiger partial charge in [0.05, 0.1) is 17.3 Å². The first kappa shape index (κ1) is 15.0. The predicted octanol–water partition coefficient (Wildman–Crippen LogP) is 3.05. The molecule has 3 nitrogen and oxygen atoms in total. The summed E-state index contributed by atoms with van der Waals surface area (Å²) in [7, 11) is 0. The van der Waals surface area contributed by atoms with E-state index in [1.165, 1.54) is 6.07 Å². The number of benzene rings is 2. The van der Waals surface area contributed by atoms with Gasteiger partial charge in [0, 0.05) is 13.1 Å². The Hall–Kier alpha value is -2.38. The molecule has 0 fully saturated rings. The highest BCUT2D eigenvalue weighted by Gasteiger charge is 2.12. The minimum Gasteiger partial charge on any atom is -0.365 e. The van der Waals surface area contributed by atoms with Crippen LogP contribution < -0.4 is 10.6 Å². The molecule has 0 aliphatic rings. The quantitative estimate of drug-likeness (QED) is 0.886. The number of anilines is 1. The summed E-state index contributed by atoms with van der Waals surface area (Å²) in [6.45, 7) is 1.85. The van der Waals surface area contributed by atoms with Crippen LogP contribution in [0.1, 0.15) is 17.5 Å². The molecule has 2 N–H and O–H groups in total. The smallest absolute Gasteiger partial charge is 0.147 e. The average molecular weight is 283 g/mol. The number of hydrogen-bond acceptors (Lipinski definition) is 3. The van der Waals surface area contributed by atoms with Crippen molar-refractivity contribution in [2.45, 2.75) is 13.0 Å². The summed E-state index contributed by atoms with van der Waals surface area (Å²) in [4.78, 5) is 1.96. The highest BCUT2D eigenvalue weighted by Crippen LogP contribution is 2.22. The lowest BCUT2D eigenvalue weighted by Gasteiger charge is -2.25. The van der Waals surface area contributed by atoms with Crippen LogP contribution in [0.4, 0.5) is 10.1 Å². The second kappa shape index (κ2) is 7.41.